The van der Waals surface area contributed by atoms with E-state index in [1.807, 2.05) is 6.07 Å². The number of benzene rings is 9. The van der Waals surface area contributed by atoms with Gasteiger partial charge in [0.1, 0.15) is 11.2 Å². The Kier molecular flexibility index (Phi) is 6.94. The van der Waals surface area contributed by atoms with Gasteiger partial charge in [-0.05, 0) is 83.9 Å². The quantitative estimate of drug-likeness (QED) is 0.180. The van der Waals surface area contributed by atoms with Crippen LogP contribution in [0.4, 0.5) is 0 Å². The molecule has 12 rings (SSSR count). The maximum absolute atomic E-state index is 6.34. The Labute approximate surface area is 335 Å². The predicted molar refractivity (Wildman–Crippen MR) is 239 cm³/mol. The largest absolute Gasteiger partial charge is 0.456 e. The van der Waals surface area contributed by atoms with E-state index in [0.29, 0.717) is 17.5 Å². The molecule has 0 saturated heterocycles. The van der Waals surface area contributed by atoms with Gasteiger partial charge in [0.25, 0.3) is 0 Å². The zero-order valence-electron chi connectivity index (χ0n) is 32.0. The fourth-order valence-electron chi connectivity index (χ4n) is 9.75. The zero-order chi connectivity index (χ0) is 38.5. The van der Waals surface area contributed by atoms with Crippen molar-refractivity contribution in [2.24, 2.45) is 0 Å². The first kappa shape index (κ1) is 32.8. The summed E-state index contributed by atoms with van der Waals surface area (Å²) in [7, 11) is 0. The molecule has 0 atom stereocenters. The minimum Gasteiger partial charge on any atom is -0.456 e. The highest BCUT2D eigenvalue weighted by atomic mass is 16.3. The summed E-state index contributed by atoms with van der Waals surface area (Å²) in [5.41, 5.74) is 12.1. The Morgan fingerprint density at radius 3 is 1.60 bits per heavy atom. The topological polar surface area (TPSA) is 51.8 Å². The van der Waals surface area contributed by atoms with E-state index in [1.165, 1.54) is 38.8 Å². The molecule has 0 aliphatic heterocycles. The molecule has 0 fully saturated rings. The highest BCUT2D eigenvalue weighted by molar-refractivity contribution is 6.13. The van der Waals surface area contributed by atoms with Crippen LogP contribution in [0.3, 0.4) is 0 Å². The van der Waals surface area contributed by atoms with Crippen LogP contribution in [0.15, 0.2) is 180 Å². The molecule has 1 aliphatic carbocycles. The molecule has 4 heteroatoms. The van der Waals surface area contributed by atoms with Crippen LogP contribution < -0.4 is 0 Å². The van der Waals surface area contributed by atoms with E-state index in [-0.39, 0.29) is 5.41 Å². The summed E-state index contributed by atoms with van der Waals surface area (Å²) in [6.45, 7) is 4.75. The van der Waals surface area contributed by atoms with Gasteiger partial charge in [0.05, 0.1) is 0 Å². The number of furan rings is 1. The van der Waals surface area contributed by atoms with Gasteiger partial charge in [-0.15, -0.1) is 0 Å². The number of para-hydroxylation sites is 1. The van der Waals surface area contributed by atoms with Crippen LogP contribution in [0, 0.1) is 0 Å². The molecule has 0 N–H and O–H groups in total. The summed E-state index contributed by atoms with van der Waals surface area (Å²) in [5.74, 6) is 1.96. The van der Waals surface area contributed by atoms with Crippen LogP contribution in [-0.4, -0.2) is 15.0 Å². The van der Waals surface area contributed by atoms with Crippen molar-refractivity contribution in [1.82, 2.24) is 15.0 Å². The molecule has 4 nitrogen and oxygen atoms in total. The first-order chi connectivity index (χ1) is 28.5. The van der Waals surface area contributed by atoms with Crippen molar-refractivity contribution in [3.63, 3.8) is 0 Å². The summed E-state index contributed by atoms with van der Waals surface area (Å²) in [6.07, 6.45) is 0. The average Bonchev–Trinajstić information content (AvgIpc) is 3.77. The third-order valence-electron chi connectivity index (χ3n) is 12.3. The third-order valence-corrected chi connectivity index (χ3v) is 12.3. The minimum absolute atomic E-state index is 0.278. The van der Waals surface area contributed by atoms with E-state index in [9.17, 15) is 0 Å². The fraction of sp³-hybridized carbons (Fsp3) is 0.0556. The van der Waals surface area contributed by atoms with Gasteiger partial charge >= 0.3 is 0 Å². The van der Waals surface area contributed by atoms with E-state index in [4.69, 9.17) is 19.4 Å². The molecule has 58 heavy (non-hydrogen) atoms. The highest BCUT2D eigenvalue weighted by Gasteiger charge is 2.39. The molecular formula is C54H35N3O. The van der Waals surface area contributed by atoms with Gasteiger partial charge in [-0.1, -0.05) is 172 Å². The molecule has 2 aromatic heterocycles. The minimum atomic E-state index is -0.278. The molecule has 2 heterocycles. The maximum Gasteiger partial charge on any atom is 0.164 e. The summed E-state index contributed by atoms with van der Waals surface area (Å²) >= 11 is 0. The van der Waals surface area contributed by atoms with E-state index < -0.39 is 0 Å². The number of hydrogen-bond donors (Lipinski definition) is 0. The van der Waals surface area contributed by atoms with Gasteiger partial charge in [0, 0.05) is 32.9 Å². The highest BCUT2D eigenvalue weighted by Crippen LogP contribution is 2.55. The molecule has 0 radical (unpaired) electrons. The van der Waals surface area contributed by atoms with Gasteiger partial charge in [0.15, 0.2) is 17.5 Å². The van der Waals surface area contributed by atoms with E-state index in [2.05, 4.69) is 184 Å². The van der Waals surface area contributed by atoms with Crippen molar-refractivity contribution in [1.29, 1.82) is 0 Å². The molecule has 272 valence electrons. The Balaban J connectivity index is 1.03. The predicted octanol–water partition coefficient (Wildman–Crippen LogP) is 14.2. The molecule has 0 spiro atoms. The van der Waals surface area contributed by atoms with Crippen LogP contribution in [0.25, 0.3) is 111 Å². The summed E-state index contributed by atoms with van der Waals surface area (Å²) < 4.78 is 6.34. The van der Waals surface area contributed by atoms with Gasteiger partial charge in [0.2, 0.25) is 0 Å². The molecule has 0 bridgehead atoms. The molecule has 0 unspecified atom stereocenters. The molecule has 1 aliphatic rings. The number of fused-ring (bicyclic) bond motifs is 10. The van der Waals surface area contributed by atoms with Crippen LogP contribution in [0.5, 0.6) is 0 Å². The molecule has 0 amide bonds. The van der Waals surface area contributed by atoms with Gasteiger partial charge in [-0.2, -0.15) is 0 Å². The van der Waals surface area contributed by atoms with Crippen LogP contribution in [0.1, 0.15) is 25.0 Å². The summed E-state index contributed by atoms with van der Waals surface area (Å²) in [5, 5.41) is 9.21. The van der Waals surface area contributed by atoms with Gasteiger partial charge in [-0.25, -0.2) is 15.0 Å². The third kappa shape index (κ3) is 4.78. The SMILES string of the molecule is CC1(C)c2c(cccc2-c2cccc3oc4ccccc4c23)-c2ccc3cc(-c4nc(-c5cccc6ccccc56)nc(-c5cccc6ccccc56)n4)ccc3c21. The Morgan fingerprint density at radius 2 is 0.879 bits per heavy atom. The average molecular weight is 742 g/mol. The maximum atomic E-state index is 6.34. The molecular weight excluding hydrogens is 707 g/mol. The first-order valence-electron chi connectivity index (χ1n) is 19.9. The molecule has 0 saturated carbocycles. The van der Waals surface area contributed by atoms with Crippen LogP contribution in [0.2, 0.25) is 0 Å². The Hall–Kier alpha value is -7.43. The lowest BCUT2D eigenvalue weighted by molar-refractivity contribution is 0.667. The van der Waals surface area contributed by atoms with Crippen molar-refractivity contribution in [2.45, 2.75) is 19.3 Å². The zero-order valence-corrected chi connectivity index (χ0v) is 32.0. The number of hydrogen-bond acceptors (Lipinski definition) is 4. The second-order valence-electron chi connectivity index (χ2n) is 15.9. The Bertz CT molecular complexity index is 3390. The van der Waals surface area contributed by atoms with Gasteiger partial charge < -0.3 is 4.42 Å². The van der Waals surface area contributed by atoms with E-state index >= 15 is 0 Å². The second kappa shape index (κ2) is 12.3. The van der Waals surface area contributed by atoms with Crippen molar-refractivity contribution >= 4 is 54.3 Å². The fourth-order valence-corrected chi connectivity index (χ4v) is 9.75. The summed E-state index contributed by atoms with van der Waals surface area (Å²) in [4.78, 5) is 15.6. The van der Waals surface area contributed by atoms with Crippen LogP contribution >= 0.6 is 0 Å². The molecule has 9 aromatic carbocycles. The standard InChI is InChI=1S/C54H35N3O/c1-54(2)49-38-29-28-35(31-34(38)27-30-42(49)41-22-11-21-40(50(41)54)39-20-12-26-47-48(39)45-19-7-8-25-46(45)58-47)51-55-52(43-23-9-15-32-13-3-5-17-36(32)43)57-53(56-51)44-24-10-16-33-14-4-6-18-37(33)44/h3-31H,1-2H3. The van der Waals surface area contributed by atoms with Gasteiger partial charge in [-0.3, -0.25) is 0 Å². The van der Waals surface area contributed by atoms with Crippen molar-refractivity contribution in [2.75, 3.05) is 0 Å². The lowest BCUT2D eigenvalue weighted by Gasteiger charge is -2.26. The lowest BCUT2D eigenvalue weighted by Crippen LogP contribution is -2.17. The van der Waals surface area contributed by atoms with Crippen LogP contribution in [-0.2, 0) is 5.41 Å². The van der Waals surface area contributed by atoms with Crippen molar-refractivity contribution in [3.8, 4) is 56.4 Å². The summed E-state index contributed by atoms with van der Waals surface area (Å²) in [6, 6.07) is 62.4. The Morgan fingerprint density at radius 1 is 0.362 bits per heavy atom. The number of rotatable bonds is 4. The van der Waals surface area contributed by atoms with Crippen molar-refractivity contribution < 1.29 is 4.42 Å². The monoisotopic (exact) mass is 741 g/mol. The number of nitrogens with zero attached hydrogens (tertiary/aromatic N) is 3. The number of aromatic nitrogens is 3. The first-order valence-corrected chi connectivity index (χ1v) is 19.9. The van der Waals surface area contributed by atoms with E-state index in [0.717, 1.165) is 65.6 Å². The molecule has 11 aromatic rings. The van der Waals surface area contributed by atoms with Crippen molar-refractivity contribution in [3.05, 3.63) is 187 Å². The normalized spacial score (nSPS) is 13.1. The smallest absolute Gasteiger partial charge is 0.164 e. The van der Waals surface area contributed by atoms with E-state index in [1.54, 1.807) is 0 Å². The lowest BCUT2D eigenvalue weighted by atomic mass is 9.77. The second-order valence-corrected chi connectivity index (χ2v) is 15.9.